The Kier molecular flexibility index (Phi) is 7.00. The summed E-state index contributed by atoms with van der Waals surface area (Å²) in [4.78, 5) is 12.8. The van der Waals surface area contributed by atoms with Crippen LogP contribution in [0.25, 0.3) is 5.69 Å². The number of benzene rings is 2. The van der Waals surface area contributed by atoms with Gasteiger partial charge in [0.15, 0.2) is 11.4 Å². The molecule has 0 saturated carbocycles. The molecule has 1 N–H and O–H groups in total. The number of rotatable bonds is 9. The van der Waals surface area contributed by atoms with E-state index >= 15 is 0 Å². The van der Waals surface area contributed by atoms with Gasteiger partial charge in [0.05, 0.1) is 18.5 Å². The molecule has 1 amide bonds. The molecular formula is C23H26FN3O2. The highest BCUT2D eigenvalue weighted by Crippen LogP contribution is 2.22. The fraction of sp³-hybridized carbons (Fsp3) is 0.304. The molecule has 0 atom stereocenters. The third-order valence-corrected chi connectivity index (χ3v) is 4.48. The van der Waals surface area contributed by atoms with E-state index < -0.39 is 0 Å². The summed E-state index contributed by atoms with van der Waals surface area (Å²) < 4.78 is 20.4. The van der Waals surface area contributed by atoms with Crippen molar-refractivity contribution in [2.45, 2.75) is 39.5 Å². The maximum Gasteiger partial charge on any atom is 0.280 e. The van der Waals surface area contributed by atoms with Gasteiger partial charge in [-0.25, -0.2) is 9.07 Å². The number of aryl methyl sites for hydroxylation is 1. The zero-order valence-electron chi connectivity index (χ0n) is 16.8. The monoisotopic (exact) mass is 395 g/mol. The molecule has 3 rings (SSSR count). The molecule has 0 aliphatic heterocycles. The van der Waals surface area contributed by atoms with E-state index in [1.54, 1.807) is 18.3 Å². The summed E-state index contributed by atoms with van der Waals surface area (Å²) in [5, 5.41) is 7.25. The molecule has 0 radical (unpaired) electrons. The van der Waals surface area contributed by atoms with E-state index in [0.717, 1.165) is 25.7 Å². The van der Waals surface area contributed by atoms with Gasteiger partial charge < -0.3 is 10.1 Å². The van der Waals surface area contributed by atoms with Crippen molar-refractivity contribution in [3.05, 3.63) is 71.8 Å². The van der Waals surface area contributed by atoms with E-state index in [9.17, 15) is 9.18 Å². The Balaban J connectivity index is 1.79. The first-order valence-electron chi connectivity index (χ1n) is 9.99. The number of nitrogens with one attached hydrogen (secondary N) is 1. The Bertz CT molecular complexity index is 934. The molecular weight excluding hydrogens is 369 g/mol. The summed E-state index contributed by atoms with van der Waals surface area (Å²) in [6, 6.07) is 13.7. The van der Waals surface area contributed by atoms with Gasteiger partial charge in [0.2, 0.25) is 0 Å². The third kappa shape index (κ3) is 5.44. The maximum atomic E-state index is 13.2. The van der Waals surface area contributed by atoms with Crippen molar-refractivity contribution in [1.82, 2.24) is 9.78 Å². The summed E-state index contributed by atoms with van der Waals surface area (Å²) in [6.07, 6.45) is 5.77. The highest BCUT2D eigenvalue weighted by molar-refractivity contribution is 6.04. The van der Waals surface area contributed by atoms with Crippen LogP contribution < -0.4 is 10.1 Å². The van der Waals surface area contributed by atoms with Crippen molar-refractivity contribution >= 4 is 11.6 Å². The molecule has 3 aromatic rings. The number of carbonyl (C=O) groups is 1. The number of anilines is 1. The van der Waals surface area contributed by atoms with E-state index in [-0.39, 0.29) is 17.4 Å². The van der Waals surface area contributed by atoms with Gasteiger partial charge in [-0.05, 0) is 61.2 Å². The molecule has 1 heterocycles. The number of nitrogens with zero attached hydrogens (tertiary/aromatic N) is 2. The van der Waals surface area contributed by atoms with Crippen LogP contribution in [0.15, 0.2) is 54.7 Å². The predicted molar refractivity (Wildman–Crippen MR) is 112 cm³/mol. The second-order valence-electron chi connectivity index (χ2n) is 6.87. The Morgan fingerprint density at radius 2 is 1.79 bits per heavy atom. The number of hydrogen-bond acceptors (Lipinski definition) is 3. The lowest BCUT2D eigenvalue weighted by Gasteiger charge is -2.07. The van der Waals surface area contributed by atoms with Gasteiger partial charge in [0.1, 0.15) is 5.82 Å². The quantitative estimate of drug-likeness (QED) is 0.528. The summed E-state index contributed by atoms with van der Waals surface area (Å²) in [5.74, 6) is -0.282. The number of ether oxygens (including phenoxy) is 1. The molecule has 29 heavy (non-hydrogen) atoms. The summed E-state index contributed by atoms with van der Waals surface area (Å²) >= 11 is 0. The normalized spacial score (nSPS) is 10.7. The van der Waals surface area contributed by atoms with Gasteiger partial charge in [-0.1, -0.05) is 32.4 Å². The van der Waals surface area contributed by atoms with Crippen LogP contribution in [0.1, 0.15) is 49.2 Å². The van der Waals surface area contributed by atoms with Crippen LogP contribution in [0.5, 0.6) is 5.75 Å². The molecule has 0 fully saturated rings. The highest BCUT2D eigenvalue weighted by Gasteiger charge is 2.19. The number of halogens is 1. The Morgan fingerprint density at radius 3 is 2.45 bits per heavy atom. The first-order valence-corrected chi connectivity index (χ1v) is 9.99. The first-order chi connectivity index (χ1) is 14.1. The molecule has 0 aliphatic carbocycles. The smallest absolute Gasteiger partial charge is 0.280 e. The predicted octanol–water partition coefficient (Wildman–Crippen LogP) is 5.40. The summed E-state index contributed by atoms with van der Waals surface area (Å²) in [5.41, 5.74) is 2.79. The van der Waals surface area contributed by atoms with Gasteiger partial charge in [-0.2, -0.15) is 5.10 Å². The van der Waals surface area contributed by atoms with E-state index in [2.05, 4.69) is 17.3 Å². The standard InChI is InChI=1S/C23H26FN3O2/c1-3-5-6-17-7-11-19(12-8-17)25-23(28)22-21(29-15-4-2)16-27(26-22)20-13-9-18(24)10-14-20/h7-14,16H,3-6,15H2,1-2H3,(H,25,28). The Morgan fingerprint density at radius 1 is 1.07 bits per heavy atom. The average Bonchev–Trinajstić information content (AvgIpc) is 3.16. The molecule has 2 aromatic carbocycles. The van der Waals surface area contributed by atoms with Crippen molar-refractivity contribution < 1.29 is 13.9 Å². The van der Waals surface area contributed by atoms with E-state index in [1.807, 2.05) is 31.2 Å². The van der Waals surface area contributed by atoms with Crippen molar-refractivity contribution in [3.8, 4) is 11.4 Å². The summed E-state index contributed by atoms with van der Waals surface area (Å²) in [6.45, 7) is 4.63. The fourth-order valence-corrected chi connectivity index (χ4v) is 2.89. The molecule has 152 valence electrons. The molecule has 6 heteroatoms. The van der Waals surface area contributed by atoms with Crippen LogP contribution >= 0.6 is 0 Å². The summed E-state index contributed by atoms with van der Waals surface area (Å²) in [7, 11) is 0. The van der Waals surface area contributed by atoms with Crippen LogP contribution in [-0.2, 0) is 6.42 Å². The van der Waals surface area contributed by atoms with Crippen LogP contribution in [0.2, 0.25) is 0 Å². The molecule has 0 unspecified atom stereocenters. The van der Waals surface area contributed by atoms with Gasteiger partial charge in [0, 0.05) is 5.69 Å². The fourth-order valence-electron chi connectivity index (χ4n) is 2.89. The molecule has 0 saturated heterocycles. The van der Waals surface area contributed by atoms with E-state index in [0.29, 0.717) is 23.7 Å². The molecule has 1 aromatic heterocycles. The Labute approximate surface area is 170 Å². The van der Waals surface area contributed by atoms with Crippen molar-refractivity contribution in [3.63, 3.8) is 0 Å². The van der Waals surface area contributed by atoms with E-state index in [1.165, 1.54) is 22.4 Å². The second kappa shape index (κ2) is 9.87. The zero-order valence-corrected chi connectivity index (χ0v) is 16.8. The lowest BCUT2D eigenvalue weighted by molar-refractivity contribution is 0.101. The molecule has 5 nitrogen and oxygen atoms in total. The first kappa shape index (κ1) is 20.6. The number of amides is 1. The van der Waals surface area contributed by atoms with Gasteiger partial charge in [-0.3, -0.25) is 4.79 Å². The van der Waals surface area contributed by atoms with Crippen LogP contribution in [0.3, 0.4) is 0 Å². The number of unbranched alkanes of at least 4 members (excludes halogenated alkanes) is 1. The molecule has 0 aliphatic rings. The molecule has 0 bridgehead atoms. The SMILES string of the molecule is CCCCc1ccc(NC(=O)c2nn(-c3ccc(F)cc3)cc2OCCC)cc1. The lowest BCUT2D eigenvalue weighted by Crippen LogP contribution is -2.14. The largest absolute Gasteiger partial charge is 0.489 e. The minimum atomic E-state index is -0.349. The number of carbonyl (C=O) groups excluding carboxylic acids is 1. The highest BCUT2D eigenvalue weighted by atomic mass is 19.1. The van der Waals surface area contributed by atoms with Crippen LogP contribution in [0.4, 0.5) is 10.1 Å². The average molecular weight is 395 g/mol. The second-order valence-corrected chi connectivity index (χ2v) is 6.87. The zero-order chi connectivity index (χ0) is 20.6. The topological polar surface area (TPSA) is 56.2 Å². The minimum absolute atomic E-state index is 0.192. The lowest BCUT2D eigenvalue weighted by atomic mass is 10.1. The van der Waals surface area contributed by atoms with Crippen LogP contribution in [0, 0.1) is 5.82 Å². The minimum Gasteiger partial charge on any atom is -0.489 e. The van der Waals surface area contributed by atoms with Crippen molar-refractivity contribution in [2.24, 2.45) is 0 Å². The molecule has 0 spiro atoms. The van der Waals surface area contributed by atoms with Gasteiger partial charge in [0.25, 0.3) is 5.91 Å². The number of aromatic nitrogens is 2. The maximum absolute atomic E-state index is 13.2. The van der Waals surface area contributed by atoms with Gasteiger partial charge >= 0.3 is 0 Å². The van der Waals surface area contributed by atoms with Crippen LogP contribution in [-0.4, -0.2) is 22.3 Å². The van der Waals surface area contributed by atoms with Crippen molar-refractivity contribution in [1.29, 1.82) is 0 Å². The van der Waals surface area contributed by atoms with E-state index in [4.69, 9.17) is 4.74 Å². The number of hydrogen-bond donors (Lipinski definition) is 1. The van der Waals surface area contributed by atoms with Crippen molar-refractivity contribution in [2.75, 3.05) is 11.9 Å². The van der Waals surface area contributed by atoms with Gasteiger partial charge in [-0.15, -0.1) is 0 Å². The Hall–Kier alpha value is -3.15. The third-order valence-electron chi connectivity index (χ3n) is 4.48.